The minimum atomic E-state index is -3.85. The summed E-state index contributed by atoms with van der Waals surface area (Å²) in [5, 5.41) is 15.2. The lowest BCUT2D eigenvalue weighted by atomic mass is 9.99. The molecule has 10 nitrogen and oxygen atoms in total. The molecule has 0 radical (unpaired) electrons. The van der Waals surface area contributed by atoms with Gasteiger partial charge in [0.15, 0.2) is 5.75 Å². The van der Waals surface area contributed by atoms with E-state index in [1.54, 1.807) is 43.3 Å². The highest BCUT2D eigenvalue weighted by molar-refractivity contribution is 7.89. The van der Waals surface area contributed by atoms with Crippen molar-refractivity contribution in [2.45, 2.75) is 30.9 Å². The summed E-state index contributed by atoms with van der Waals surface area (Å²) in [5.41, 5.74) is 0.678. The van der Waals surface area contributed by atoms with Gasteiger partial charge in [0, 0.05) is 25.2 Å². The van der Waals surface area contributed by atoms with Crippen molar-refractivity contribution in [2.75, 3.05) is 37.4 Å². The molecule has 0 saturated carbocycles. The van der Waals surface area contributed by atoms with Gasteiger partial charge in [0.25, 0.3) is 5.91 Å². The van der Waals surface area contributed by atoms with Crippen molar-refractivity contribution >= 4 is 33.3 Å². The lowest BCUT2D eigenvalue weighted by Gasteiger charge is -2.38. The van der Waals surface area contributed by atoms with Crippen LogP contribution in [-0.2, 0) is 10.0 Å². The Labute approximate surface area is 238 Å². The number of halogens is 1. The summed E-state index contributed by atoms with van der Waals surface area (Å²) in [4.78, 5) is 28.1. The first-order chi connectivity index (χ1) is 19.5. The number of aliphatic hydroxyl groups is 1. The fourth-order valence-electron chi connectivity index (χ4n) is 4.50. The smallest absolute Gasteiger partial charge is 0.323 e. The minimum absolute atomic E-state index is 0.0521. The highest BCUT2D eigenvalue weighted by Gasteiger charge is 2.36. The fraction of sp³-hybridized carbons (Fsp3) is 0.310. The van der Waals surface area contributed by atoms with Gasteiger partial charge in [-0.25, -0.2) is 17.6 Å². The fourth-order valence-corrected chi connectivity index (χ4v) is 5.71. The Morgan fingerprint density at radius 1 is 1.10 bits per heavy atom. The van der Waals surface area contributed by atoms with Crippen molar-refractivity contribution in [1.82, 2.24) is 9.21 Å². The number of hydrogen-bond acceptors (Lipinski definition) is 6. The molecule has 0 unspecified atom stereocenters. The van der Waals surface area contributed by atoms with E-state index in [2.05, 4.69) is 10.6 Å². The Kier molecular flexibility index (Phi) is 9.26. The summed E-state index contributed by atoms with van der Waals surface area (Å²) in [6.45, 7) is 3.42. The van der Waals surface area contributed by atoms with Crippen LogP contribution in [0.5, 0.6) is 5.75 Å². The van der Waals surface area contributed by atoms with Crippen LogP contribution < -0.4 is 15.4 Å². The average molecular weight is 585 g/mol. The molecule has 3 aromatic rings. The van der Waals surface area contributed by atoms with E-state index in [0.29, 0.717) is 5.69 Å². The van der Waals surface area contributed by atoms with E-state index in [9.17, 15) is 27.5 Å². The van der Waals surface area contributed by atoms with E-state index in [0.717, 1.165) is 0 Å². The Morgan fingerprint density at radius 2 is 1.78 bits per heavy atom. The van der Waals surface area contributed by atoms with Crippen molar-refractivity contribution in [3.05, 3.63) is 84.2 Å². The van der Waals surface area contributed by atoms with Gasteiger partial charge in [-0.1, -0.05) is 31.2 Å². The van der Waals surface area contributed by atoms with Crippen LogP contribution in [0.15, 0.2) is 77.7 Å². The van der Waals surface area contributed by atoms with Crippen LogP contribution in [0.3, 0.4) is 0 Å². The first kappa shape index (κ1) is 30.0. The van der Waals surface area contributed by atoms with E-state index >= 15 is 0 Å². The number of amides is 3. The molecule has 218 valence electrons. The first-order valence-electron chi connectivity index (χ1n) is 13.1. The predicted molar refractivity (Wildman–Crippen MR) is 153 cm³/mol. The van der Waals surface area contributed by atoms with Gasteiger partial charge in [-0.15, -0.1) is 0 Å². The molecule has 41 heavy (non-hydrogen) atoms. The molecule has 3 amide bonds. The largest absolute Gasteiger partial charge is 0.486 e. The molecule has 0 saturated heterocycles. The molecular formula is C29H33FN4O6S. The Morgan fingerprint density at radius 3 is 2.44 bits per heavy atom. The van der Waals surface area contributed by atoms with Crippen LogP contribution >= 0.6 is 0 Å². The molecule has 1 aliphatic rings. The van der Waals surface area contributed by atoms with Crippen molar-refractivity contribution in [1.29, 1.82) is 0 Å². The highest BCUT2D eigenvalue weighted by atomic mass is 32.2. The number of carbonyl (C=O) groups excluding carboxylic acids is 2. The topological polar surface area (TPSA) is 128 Å². The summed E-state index contributed by atoms with van der Waals surface area (Å²) in [7, 11) is -2.39. The van der Waals surface area contributed by atoms with E-state index < -0.39 is 39.9 Å². The number of anilines is 2. The Hall–Kier alpha value is -4.00. The normalized spacial score (nSPS) is 18.1. The number of para-hydroxylation sites is 1. The molecule has 0 spiro atoms. The maximum absolute atomic E-state index is 13.6. The summed E-state index contributed by atoms with van der Waals surface area (Å²) < 4.78 is 47.4. The summed E-state index contributed by atoms with van der Waals surface area (Å²) in [5.74, 6) is -1.15. The molecule has 4 rings (SSSR count). The van der Waals surface area contributed by atoms with Crippen LogP contribution in [0.4, 0.5) is 20.6 Å². The molecular weight excluding hydrogens is 551 g/mol. The SMILES string of the molecule is C[C@@H]1CN([C@@H](C)CO)C(=O)c2cccc(NC(=O)Nc3ccc(F)cc3)c2O[C@@H]1CN(C)S(=O)(=O)c1ccccc1. The third-order valence-electron chi connectivity index (χ3n) is 6.93. The second-order valence-electron chi connectivity index (χ2n) is 9.99. The third-order valence-corrected chi connectivity index (χ3v) is 8.77. The standard InChI is InChI=1S/C29H33FN4O6S/c1-19-16-34(20(2)18-35)28(36)24-10-7-11-25(32-29(37)31-22-14-12-21(30)13-15-22)27(24)40-26(19)17-33(3)41(38,39)23-8-5-4-6-9-23/h4-15,19-20,26,35H,16-18H2,1-3H3,(H2,31,32,37)/t19-,20+,26-/m1/s1. The monoisotopic (exact) mass is 584 g/mol. The maximum atomic E-state index is 13.6. The van der Waals surface area contributed by atoms with Crippen molar-refractivity contribution in [2.24, 2.45) is 5.92 Å². The number of fused-ring (bicyclic) bond motifs is 1. The zero-order valence-electron chi connectivity index (χ0n) is 23.0. The Bertz CT molecular complexity index is 1490. The lowest BCUT2D eigenvalue weighted by molar-refractivity contribution is 0.0389. The highest BCUT2D eigenvalue weighted by Crippen LogP contribution is 2.35. The number of aliphatic hydroxyl groups excluding tert-OH is 1. The number of hydrogen-bond donors (Lipinski definition) is 3. The van der Waals surface area contributed by atoms with Crippen molar-refractivity contribution in [3.8, 4) is 5.75 Å². The van der Waals surface area contributed by atoms with Gasteiger partial charge in [0.1, 0.15) is 11.9 Å². The average Bonchev–Trinajstić information content (AvgIpc) is 2.96. The van der Waals surface area contributed by atoms with Gasteiger partial charge in [0.05, 0.1) is 35.3 Å². The van der Waals surface area contributed by atoms with Crippen molar-refractivity contribution < 1.29 is 32.2 Å². The molecule has 0 fully saturated rings. The quantitative estimate of drug-likeness (QED) is 0.367. The van der Waals surface area contributed by atoms with Gasteiger partial charge in [0.2, 0.25) is 10.0 Å². The number of benzene rings is 3. The molecule has 0 aliphatic carbocycles. The van der Waals surface area contributed by atoms with Crippen molar-refractivity contribution in [3.63, 3.8) is 0 Å². The van der Waals surface area contributed by atoms with Gasteiger partial charge in [-0.2, -0.15) is 4.31 Å². The number of urea groups is 1. The van der Waals surface area contributed by atoms with Crippen LogP contribution in [0.25, 0.3) is 0 Å². The van der Waals surface area contributed by atoms with Gasteiger partial charge in [-0.3, -0.25) is 4.79 Å². The summed E-state index contributed by atoms with van der Waals surface area (Å²) in [6, 6.07) is 16.8. The van der Waals surface area contributed by atoms with E-state index in [1.807, 2.05) is 6.92 Å². The third kappa shape index (κ3) is 6.84. The lowest BCUT2D eigenvalue weighted by Crippen LogP contribution is -2.50. The molecule has 3 aromatic carbocycles. The number of nitrogens with zero attached hydrogens (tertiary/aromatic N) is 2. The number of likely N-dealkylation sites (N-methyl/N-ethyl adjacent to an activating group) is 1. The number of sulfonamides is 1. The molecule has 12 heteroatoms. The summed E-state index contributed by atoms with van der Waals surface area (Å²) >= 11 is 0. The van der Waals surface area contributed by atoms with Crippen LogP contribution in [0, 0.1) is 11.7 Å². The van der Waals surface area contributed by atoms with E-state index in [-0.39, 0.29) is 47.5 Å². The second-order valence-corrected chi connectivity index (χ2v) is 12.0. The van der Waals surface area contributed by atoms with Gasteiger partial charge >= 0.3 is 6.03 Å². The van der Waals surface area contributed by atoms with Crippen LogP contribution in [0.2, 0.25) is 0 Å². The molecule has 0 aromatic heterocycles. The maximum Gasteiger partial charge on any atom is 0.323 e. The number of nitrogens with one attached hydrogen (secondary N) is 2. The molecule has 3 N–H and O–H groups in total. The minimum Gasteiger partial charge on any atom is -0.486 e. The zero-order valence-corrected chi connectivity index (χ0v) is 23.8. The number of rotatable bonds is 8. The summed E-state index contributed by atoms with van der Waals surface area (Å²) in [6.07, 6.45) is -0.734. The van der Waals surface area contributed by atoms with E-state index in [1.165, 1.54) is 52.7 Å². The second kappa shape index (κ2) is 12.7. The molecule has 1 heterocycles. The number of carbonyl (C=O) groups is 2. The molecule has 3 atom stereocenters. The number of ether oxygens (including phenoxy) is 1. The van der Waals surface area contributed by atoms with Gasteiger partial charge in [-0.05, 0) is 55.5 Å². The van der Waals surface area contributed by atoms with Crippen LogP contribution in [0.1, 0.15) is 24.2 Å². The predicted octanol–water partition coefficient (Wildman–Crippen LogP) is 4.01. The first-order valence-corrected chi connectivity index (χ1v) is 14.5. The Balaban J connectivity index is 1.68. The molecule has 0 bridgehead atoms. The van der Waals surface area contributed by atoms with E-state index in [4.69, 9.17) is 4.74 Å². The molecule has 1 aliphatic heterocycles. The van der Waals surface area contributed by atoms with Gasteiger partial charge < -0.3 is 25.4 Å². The van der Waals surface area contributed by atoms with Crippen LogP contribution in [-0.4, -0.2) is 73.6 Å². The zero-order chi connectivity index (χ0) is 29.7.